The van der Waals surface area contributed by atoms with E-state index in [0.717, 1.165) is 16.1 Å². The van der Waals surface area contributed by atoms with Gasteiger partial charge in [-0.3, -0.25) is 4.79 Å². The number of thiazole rings is 1. The molecule has 2 aromatic carbocycles. The van der Waals surface area contributed by atoms with Gasteiger partial charge in [0.05, 0.1) is 6.54 Å². The summed E-state index contributed by atoms with van der Waals surface area (Å²) in [7, 11) is 1.76. The van der Waals surface area contributed by atoms with Crippen LogP contribution >= 0.6 is 22.9 Å². The van der Waals surface area contributed by atoms with Gasteiger partial charge in [0.15, 0.2) is 11.5 Å². The smallest absolute Gasteiger partial charge is 0.254 e. The van der Waals surface area contributed by atoms with Crippen LogP contribution in [0.1, 0.15) is 26.8 Å². The van der Waals surface area contributed by atoms with Gasteiger partial charge in [0.2, 0.25) is 0 Å². The number of aromatic nitrogens is 2. The number of hydrogen-bond donors (Lipinski definition) is 0. The Labute approximate surface area is 165 Å². The van der Waals surface area contributed by atoms with Crippen molar-refractivity contribution >= 4 is 39.9 Å². The number of carbonyl (C=O) groups is 1. The molecule has 27 heavy (non-hydrogen) atoms. The van der Waals surface area contributed by atoms with Crippen molar-refractivity contribution in [2.45, 2.75) is 13.0 Å². The molecule has 0 N–H and O–H groups in total. The summed E-state index contributed by atoms with van der Waals surface area (Å²) in [5, 5.41) is 3.48. The number of amides is 1. The Balaban J connectivity index is 1.54. The summed E-state index contributed by atoms with van der Waals surface area (Å²) < 4.78 is 5.85. The molecule has 0 unspecified atom stereocenters. The van der Waals surface area contributed by atoms with Crippen LogP contribution in [0.2, 0.25) is 5.02 Å². The van der Waals surface area contributed by atoms with Crippen molar-refractivity contribution in [2.24, 2.45) is 0 Å². The Morgan fingerprint density at radius 2 is 2.15 bits per heavy atom. The fraction of sp³-hybridized carbons (Fsp3) is 0.150. The molecule has 1 amide bonds. The molecular formula is C20H16ClN3O2S. The first-order chi connectivity index (χ1) is 13.1. The minimum atomic E-state index is -0.0834. The molecule has 0 saturated carbocycles. The van der Waals surface area contributed by atoms with Gasteiger partial charge < -0.3 is 9.32 Å². The third kappa shape index (κ3) is 4.02. The minimum absolute atomic E-state index is 0.0834. The van der Waals surface area contributed by atoms with Crippen molar-refractivity contribution in [3.05, 3.63) is 81.1 Å². The van der Waals surface area contributed by atoms with Gasteiger partial charge in [-0.25, -0.2) is 9.97 Å². The first-order valence-corrected chi connectivity index (χ1v) is 9.62. The van der Waals surface area contributed by atoms with Crippen molar-refractivity contribution < 1.29 is 9.21 Å². The average Bonchev–Trinajstić information content (AvgIpc) is 3.29. The van der Waals surface area contributed by atoms with E-state index in [1.807, 2.05) is 35.7 Å². The third-order valence-electron chi connectivity index (χ3n) is 4.13. The van der Waals surface area contributed by atoms with Crippen molar-refractivity contribution in [2.75, 3.05) is 7.05 Å². The summed E-state index contributed by atoms with van der Waals surface area (Å²) in [6, 6.07) is 12.9. The van der Waals surface area contributed by atoms with Crippen LogP contribution in [-0.4, -0.2) is 27.8 Å². The molecule has 0 atom stereocenters. The average molecular weight is 398 g/mol. The molecule has 136 valence electrons. The highest BCUT2D eigenvalue weighted by atomic mass is 35.5. The highest BCUT2D eigenvalue weighted by Gasteiger charge is 2.15. The summed E-state index contributed by atoms with van der Waals surface area (Å²) >= 11 is 7.56. The number of fused-ring (bicyclic) bond motifs is 1. The molecule has 5 nitrogen and oxygen atoms in total. The Bertz CT molecular complexity index is 1090. The summed E-state index contributed by atoms with van der Waals surface area (Å²) in [5.74, 6) is 0.507. The summed E-state index contributed by atoms with van der Waals surface area (Å²) in [6.07, 6.45) is 2.28. The van der Waals surface area contributed by atoms with Crippen molar-refractivity contribution in [3.8, 4) is 0 Å². The van der Waals surface area contributed by atoms with Crippen molar-refractivity contribution in [1.29, 1.82) is 0 Å². The molecule has 0 bridgehead atoms. The Hall–Kier alpha value is -2.70. The van der Waals surface area contributed by atoms with E-state index in [0.29, 0.717) is 35.0 Å². The summed E-state index contributed by atoms with van der Waals surface area (Å²) in [6.45, 7) is 0.477. The minimum Gasteiger partial charge on any atom is -0.440 e. The lowest BCUT2D eigenvalue weighted by Gasteiger charge is -2.15. The first kappa shape index (κ1) is 17.7. The zero-order valence-electron chi connectivity index (χ0n) is 14.6. The molecule has 0 spiro atoms. The third-order valence-corrected chi connectivity index (χ3v) is 5.13. The van der Waals surface area contributed by atoms with E-state index in [1.165, 1.54) is 11.3 Å². The van der Waals surface area contributed by atoms with Gasteiger partial charge in [-0.1, -0.05) is 23.7 Å². The second-order valence-corrected chi connectivity index (χ2v) is 7.60. The Kier molecular flexibility index (Phi) is 4.92. The van der Waals surface area contributed by atoms with Gasteiger partial charge in [-0.05, 0) is 35.9 Å². The maximum atomic E-state index is 12.7. The zero-order valence-corrected chi connectivity index (χ0v) is 16.1. The van der Waals surface area contributed by atoms with Gasteiger partial charge in [0, 0.05) is 35.6 Å². The van der Waals surface area contributed by atoms with Gasteiger partial charge >= 0.3 is 0 Å². The molecule has 0 saturated heterocycles. The fourth-order valence-corrected chi connectivity index (χ4v) is 3.71. The van der Waals surface area contributed by atoms with Crippen LogP contribution in [0.15, 0.2) is 58.5 Å². The zero-order chi connectivity index (χ0) is 18.8. The molecule has 0 aliphatic heterocycles. The van der Waals surface area contributed by atoms with Gasteiger partial charge in [0.25, 0.3) is 5.91 Å². The van der Waals surface area contributed by atoms with E-state index < -0.39 is 0 Å². The number of oxazole rings is 1. The lowest BCUT2D eigenvalue weighted by molar-refractivity contribution is 0.0785. The topological polar surface area (TPSA) is 59.2 Å². The lowest BCUT2D eigenvalue weighted by Crippen LogP contribution is -2.26. The molecule has 0 aliphatic rings. The Morgan fingerprint density at radius 3 is 2.93 bits per heavy atom. The second kappa shape index (κ2) is 7.50. The summed E-state index contributed by atoms with van der Waals surface area (Å²) in [4.78, 5) is 23.0. The second-order valence-electron chi connectivity index (χ2n) is 6.18. The quantitative estimate of drug-likeness (QED) is 0.485. The van der Waals surface area contributed by atoms with Crippen LogP contribution in [-0.2, 0) is 13.0 Å². The first-order valence-electron chi connectivity index (χ1n) is 8.36. The van der Waals surface area contributed by atoms with Crippen LogP contribution in [0.4, 0.5) is 0 Å². The van der Waals surface area contributed by atoms with E-state index >= 15 is 0 Å². The van der Waals surface area contributed by atoms with Gasteiger partial charge in [-0.15, -0.1) is 11.3 Å². The van der Waals surface area contributed by atoms with Crippen molar-refractivity contribution in [3.63, 3.8) is 0 Å². The maximum absolute atomic E-state index is 12.7. The highest BCUT2D eigenvalue weighted by Crippen LogP contribution is 2.21. The SMILES string of the molecule is CN(Cc1nccs1)C(=O)c1ccc2nc(Cc3cccc(Cl)c3)oc2c1. The predicted octanol–water partition coefficient (Wildman–Crippen LogP) is 4.80. The highest BCUT2D eigenvalue weighted by molar-refractivity contribution is 7.09. The largest absolute Gasteiger partial charge is 0.440 e. The van der Waals surface area contributed by atoms with E-state index in [1.54, 1.807) is 30.3 Å². The number of nitrogens with zero attached hydrogens (tertiary/aromatic N) is 3. The molecule has 0 aliphatic carbocycles. The number of carbonyl (C=O) groups excluding carboxylic acids is 1. The predicted molar refractivity (Wildman–Crippen MR) is 106 cm³/mol. The van der Waals surface area contributed by atoms with Gasteiger partial charge in [0.1, 0.15) is 10.5 Å². The van der Waals surface area contributed by atoms with Crippen LogP contribution in [0.3, 0.4) is 0 Å². The number of rotatable bonds is 5. The van der Waals surface area contributed by atoms with E-state index in [2.05, 4.69) is 9.97 Å². The van der Waals surface area contributed by atoms with Crippen LogP contribution in [0, 0.1) is 0 Å². The molecule has 7 heteroatoms. The maximum Gasteiger partial charge on any atom is 0.254 e. The van der Waals surface area contributed by atoms with Gasteiger partial charge in [-0.2, -0.15) is 0 Å². The number of benzene rings is 2. The molecule has 4 aromatic rings. The molecule has 0 fully saturated rings. The van der Waals surface area contributed by atoms with Crippen LogP contribution in [0.25, 0.3) is 11.1 Å². The van der Waals surface area contributed by atoms with E-state index in [9.17, 15) is 4.79 Å². The normalized spacial score (nSPS) is 11.0. The lowest BCUT2D eigenvalue weighted by atomic mass is 10.1. The molecule has 0 radical (unpaired) electrons. The monoisotopic (exact) mass is 397 g/mol. The van der Waals surface area contributed by atoms with Crippen LogP contribution < -0.4 is 0 Å². The van der Waals surface area contributed by atoms with E-state index in [4.69, 9.17) is 16.0 Å². The number of hydrogen-bond acceptors (Lipinski definition) is 5. The Morgan fingerprint density at radius 1 is 1.26 bits per heavy atom. The molecule has 2 aromatic heterocycles. The number of halogens is 1. The molecular weight excluding hydrogens is 382 g/mol. The van der Waals surface area contributed by atoms with E-state index in [-0.39, 0.29) is 5.91 Å². The van der Waals surface area contributed by atoms with Crippen LogP contribution in [0.5, 0.6) is 0 Å². The van der Waals surface area contributed by atoms with Crippen molar-refractivity contribution in [1.82, 2.24) is 14.9 Å². The molecule has 4 rings (SSSR count). The molecule has 2 heterocycles. The standard InChI is InChI=1S/C20H16ClN3O2S/c1-24(12-19-22-7-8-27-19)20(25)14-5-6-16-17(11-14)26-18(23-16)10-13-3-2-4-15(21)9-13/h2-9,11H,10,12H2,1H3. The summed E-state index contributed by atoms with van der Waals surface area (Å²) in [5.41, 5.74) is 2.91. The fourth-order valence-electron chi connectivity index (χ4n) is 2.83.